The van der Waals surface area contributed by atoms with Crippen molar-refractivity contribution in [3.05, 3.63) is 86.7 Å². The number of thiazole rings is 1. The van der Waals surface area contributed by atoms with Crippen LogP contribution in [0.25, 0.3) is 11.3 Å². The van der Waals surface area contributed by atoms with Gasteiger partial charge in [-0.1, -0.05) is 6.07 Å². The highest BCUT2D eigenvalue weighted by molar-refractivity contribution is 9.10. The predicted octanol–water partition coefficient (Wildman–Crippen LogP) is 6.62. The Hall–Kier alpha value is -3.10. The molecule has 0 unspecified atom stereocenters. The van der Waals surface area contributed by atoms with Gasteiger partial charge in [0.25, 0.3) is 0 Å². The van der Waals surface area contributed by atoms with Crippen molar-refractivity contribution in [2.24, 2.45) is 4.99 Å². The second-order valence-corrected chi connectivity index (χ2v) is 9.12. The lowest BCUT2D eigenvalue weighted by molar-refractivity contribution is 0.354. The molecule has 4 rings (SSSR count). The van der Waals surface area contributed by atoms with Crippen LogP contribution in [-0.2, 0) is 13.0 Å². The molecule has 0 aliphatic rings. The maximum atomic E-state index is 13.4. The zero-order valence-corrected chi connectivity index (χ0v) is 21.5. The van der Waals surface area contributed by atoms with Gasteiger partial charge in [0.15, 0.2) is 16.3 Å². The number of nitrogens with zero attached hydrogens (tertiary/aromatic N) is 2. The monoisotopic (exact) mass is 542 g/mol. The van der Waals surface area contributed by atoms with Gasteiger partial charge in [-0.15, -0.1) is 11.3 Å². The summed E-state index contributed by atoms with van der Waals surface area (Å²) in [5, 5.41) is 2.09. The average Bonchev–Trinajstić information content (AvgIpc) is 3.26. The Morgan fingerprint density at radius 2 is 1.59 bits per heavy atom. The largest absolute Gasteiger partial charge is 0.496 e. The normalized spacial score (nSPS) is 11.5. The Bertz CT molecular complexity index is 1350. The molecule has 0 amide bonds. The summed E-state index contributed by atoms with van der Waals surface area (Å²) in [4.78, 5) is 5.62. The molecule has 0 bridgehead atoms. The number of methoxy groups -OCH3 is 3. The summed E-state index contributed by atoms with van der Waals surface area (Å²) in [5.41, 5.74) is 3.89. The molecule has 0 radical (unpaired) electrons. The van der Waals surface area contributed by atoms with Crippen LogP contribution < -0.4 is 19.0 Å². The number of aryl methyl sites for hydroxylation is 1. The van der Waals surface area contributed by atoms with Crippen molar-refractivity contribution >= 4 is 33.0 Å². The Morgan fingerprint density at radius 3 is 2.26 bits per heavy atom. The van der Waals surface area contributed by atoms with Gasteiger partial charge in [0, 0.05) is 17.5 Å². The van der Waals surface area contributed by atoms with E-state index in [1.807, 2.05) is 36.4 Å². The molecule has 0 aliphatic carbocycles. The van der Waals surface area contributed by atoms with E-state index in [2.05, 4.69) is 25.9 Å². The van der Waals surface area contributed by atoms with Crippen LogP contribution in [0.15, 0.2) is 75.5 Å². The third kappa shape index (κ3) is 5.34. The fourth-order valence-electron chi connectivity index (χ4n) is 3.59. The molecule has 0 aliphatic heterocycles. The molecule has 4 aromatic rings. The van der Waals surface area contributed by atoms with Gasteiger partial charge in [-0.05, 0) is 82.5 Å². The van der Waals surface area contributed by atoms with Crippen LogP contribution in [0, 0.1) is 5.82 Å². The number of ether oxygens (including phenoxy) is 3. The van der Waals surface area contributed by atoms with Crippen molar-refractivity contribution in [2.75, 3.05) is 21.3 Å². The molecule has 0 atom stereocenters. The molecular weight excluding hydrogens is 519 g/mol. The van der Waals surface area contributed by atoms with E-state index in [1.165, 1.54) is 12.1 Å². The van der Waals surface area contributed by atoms with Crippen LogP contribution >= 0.6 is 27.3 Å². The highest BCUT2D eigenvalue weighted by Gasteiger charge is 2.12. The molecule has 3 aromatic carbocycles. The Labute approximate surface area is 210 Å². The molecule has 0 fully saturated rings. The first kappa shape index (κ1) is 24.0. The lowest BCUT2D eigenvalue weighted by Crippen LogP contribution is -2.17. The van der Waals surface area contributed by atoms with Gasteiger partial charge in [-0.3, -0.25) is 0 Å². The molecule has 34 heavy (non-hydrogen) atoms. The first-order chi connectivity index (χ1) is 16.5. The van der Waals surface area contributed by atoms with Crippen LogP contribution in [0.3, 0.4) is 0 Å². The zero-order chi connectivity index (χ0) is 24.1. The summed E-state index contributed by atoms with van der Waals surface area (Å²) in [6.45, 7) is 0.692. The lowest BCUT2D eigenvalue weighted by atomic mass is 10.1. The molecule has 1 heterocycles. The van der Waals surface area contributed by atoms with E-state index < -0.39 is 0 Å². The minimum Gasteiger partial charge on any atom is -0.496 e. The SMILES string of the molecule is COc1ccc(-c2csc(=Nc3ccc(F)cc3)n2CCc2ccc(OC)c(OC)c2)cc1Br. The quantitative estimate of drug-likeness (QED) is 0.251. The highest BCUT2D eigenvalue weighted by Crippen LogP contribution is 2.32. The van der Waals surface area contributed by atoms with E-state index in [0.29, 0.717) is 23.7 Å². The van der Waals surface area contributed by atoms with Crippen LogP contribution in [0.4, 0.5) is 10.1 Å². The van der Waals surface area contributed by atoms with Crippen LogP contribution in [-0.4, -0.2) is 25.9 Å². The van der Waals surface area contributed by atoms with E-state index in [1.54, 1.807) is 44.8 Å². The average molecular weight is 543 g/mol. The molecule has 0 spiro atoms. The summed E-state index contributed by atoms with van der Waals surface area (Å²) in [7, 11) is 4.91. The van der Waals surface area contributed by atoms with Crippen molar-refractivity contribution in [2.45, 2.75) is 13.0 Å². The zero-order valence-electron chi connectivity index (χ0n) is 19.0. The standard InChI is InChI=1S/C26H24BrFN2O3S/c1-31-23-11-5-18(15-21(23)27)22-16-34-26(29-20-8-6-19(28)7-9-20)30(22)13-12-17-4-10-24(32-2)25(14-17)33-3/h4-11,14-16H,12-13H2,1-3H3. The van der Waals surface area contributed by atoms with E-state index >= 15 is 0 Å². The summed E-state index contributed by atoms with van der Waals surface area (Å²) in [6, 6.07) is 18.1. The Morgan fingerprint density at radius 1 is 0.882 bits per heavy atom. The summed E-state index contributed by atoms with van der Waals surface area (Å²) in [6.07, 6.45) is 0.762. The van der Waals surface area contributed by atoms with Gasteiger partial charge in [0.1, 0.15) is 11.6 Å². The summed E-state index contributed by atoms with van der Waals surface area (Å²) < 4.78 is 32.6. The third-order valence-corrected chi connectivity index (χ3v) is 6.85. The van der Waals surface area contributed by atoms with E-state index in [-0.39, 0.29) is 5.82 Å². The first-order valence-electron chi connectivity index (χ1n) is 10.6. The second-order valence-electron chi connectivity index (χ2n) is 7.43. The number of hydrogen-bond donors (Lipinski definition) is 0. The number of halogens is 2. The summed E-state index contributed by atoms with van der Waals surface area (Å²) in [5.74, 6) is 1.89. The van der Waals surface area contributed by atoms with Crippen LogP contribution in [0.5, 0.6) is 17.2 Å². The number of benzene rings is 3. The van der Waals surface area contributed by atoms with Crippen molar-refractivity contribution < 1.29 is 18.6 Å². The number of aromatic nitrogens is 1. The van der Waals surface area contributed by atoms with Gasteiger partial charge in [-0.2, -0.15) is 0 Å². The minimum atomic E-state index is -0.282. The number of hydrogen-bond acceptors (Lipinski definition) is 5. The molecule has 0 N–H and O–H groups in total. The summed E-state index contributed by atoms with van der Waals surface area (Å²) >= 11 is 5.13. The molecule has 0 saturated heterocycles. The fraction of sp³-hybridized carbons (Fsp3) is 0.192. The van der Waals surface area contributed by atoms with Gasteiger partial charge >= 0.3 is 0 Å². The Kier molecular flexibility index (Phi) is 7.70. The van der Waals surface area contributed by atoms with Crippen LogP contribution in [0.1, 0.15) is 5.56 Å². The highest BCUT2D eigenvalue weighted by atomic mass is 79.9. The molecule has 1 aromatic heterocycles. The topological polar surface area (TPSA) is 45.0 Å². The molecule has 8 heteroatoms. The lowest BCUT2D eigenvalue weighted by Gasteiger charge is -2.13. The molecule has 5 nitrogen and oxygen atoms in total. The predicted molar refractivity (Wildman–Crippen MR) is 137 cm³/mol. The maximum absolute atomic E-state index is 13.4. The number of rotatable bonds is 8. The van der Waals surface area contributed by atoms with Crippen molar-refractivity contribution in [3.63, 3.8) is 0 Å². The maximum Gasteiger partial charge on any atom is 0.190 e. The molecule has 0 saturated carbocycles. The minimum absolute atomic E-state index is 0.282. The van der Waals surface area contributed by atoms with Crippen molar-refractivity contribution in [1.29, 1.82) is 0 Å². The molecule has 176 valence electrons. The van der Waals surface area contributed by atoms with E-state index in [9.17, 15) is 4.39 Å². The smallest absolute Gasteiger partial charge is 0.190 e. The van der Waals surface area contributed by atoms with E-state index in [4.69, 9.17) is 19.2 Å². The first-order valence-corrected chi connectivity index (χ1v) is 12.2. The van der Waals surface area contributed by atoms with Crippen molar-refractivity contribution in [3.8, 4) is 28.5 Å². The second kappa shape index (κ2) is 10.9. The Balaban J connectivity index is 1.74. The third-order valence-electron chi connectivity index (χ3n) is 5.37. The van der Waals surface area contributed by atoms with Crippen LogP contribution in [0.2, 0.25) is 0 Å². The van der Waals surface area contributed by atoms with Gasteiger partial charge in [0.05, 0.1) is 37.2 Å². The van der Waals surface area contributed by atoms with Gasteiger partial charge in [0.2, 0.25) is 0 Å². The van der Waals surface area contributed by atoms with Gasteiger partial charge < -0.3 is 18.8 Å². The van der Waals surface area contributed by atoms with Gasteiger partial charge in [-0.25, -0.2) is 9.38 Å². The molecular formula is C26H24BrFN2O3S. The van der Waals surface area contributed by atoms with E-state index in [0.717, 1.165) is 38.3 Å². The fourth-order valence-corrected chi connectivity index (χ4v) is 5.09. The van der Waals surface area contributed by atoms with Crippen molar-refractivity contribution in [1.82, 2.24) is 4.57 Å².